The molecule has 1 atom stereocenters. The molecule has 0 aromatic heterocycles. The summed E-state index contributed by atoms with van der Waals surface area (Å²) in [5.74, 6) is 1.45. The van der Waals surface area contributed by atoms with Gasteiger partial charge in [-0.15, -0.1) is 0 Å². The molecule has 0 amide bonds. The lowest BCUT2D eigenvalue weighted by molar-refractivity contribution is -0.120. The van der Waals surface area contributed by atoms with E-state index < -0.39 is 0 Å². The van der Waals surface area contributed by atoms with Gasteiger partial charge in [0.1, 0.15) is 0 Å². The first-order chi connectivity index (χ1) is 5.58. The first-order valence-electron chi connectivity index (χ1n) is 4.82. The molecule has 0 heterocycles. The van der Waals surface area contributed by atoms with Gasteiger partial charge in [-0.25, -0.2) is 0 Å². The number of ketones is 1. The number of allylic oxidation sites excluding steroid dienone is 2. The van der Waals surface area contributed by atoms with Crippen LogP contribution in [0.15, 0.2) is 12.2 Å². The fourth-order valence-electron chi connectivity index (χ4n) is 2.06. The molecule has 12 heavy (non-hydrogen) atoms. The van der Waals surface area contributed by atoms with E-state index in [1.54, 1.807) is 6.08 Å². The minimum Gasteiger partial charge on any atom is -0.295 e. The Morgan fingerprint density at radius 1 is 1.42 bits per heavy atom. The minimum atomic E-state index is 0.251. The Morgan fingerprint density at radius 2 is 2.08 bits per heavy atom. The van der Waals surface area contributed by atoms with Gasteiger partial charge in [-0.2, -0.15) is 0 Å². The van der Waals surface area contributed by atoms with E-state index >= 15 is 0 Å². The van der Waals surface area contributed by atoms with Crippen molar-refractivity contribution in [1.82, 2.24) is 0 Å². The molecule has 2 aliphatic carbocycles. The van der Waals surface area contributed by atoms with E-state index in [-0.39, 0.29) is 5.41 Å². The summed E-state index contributed by atoms with van der Waals surface area (Å²) in [5.41, 5.74) is 0.251. The fourth-order valence-corrected chi connectivity index (χ4v) is 2.06. The van der Waals surface area contributed by atoms with Crippen molar-refractivity contribution < 1.29 is 4.79 Å². The van der Waals surface area contributed by atoms with Gasteiger partial charge >= 0.3 is 0 Å². The molecule has 0 bridgehead atoms. The molecule has 0 radical (unpaired) electrons. The molecule has 0 N–H and O–H groups in total. The van der Waals surface area contributed by atoms with Crippen molar-refractivity contribution in [2.75, 3.05) is 0 Å². The number of carbonyl (C=O) groups is 1. The van der Waals surface area contributed by atoms with Crippen molar-refractivity contribution in [3.8, 4) is 0 Å². The van der Waals surface area contributed by atoms with Crippen molar-refractivity contribution in [2.24, 2.45) is 17.3 Å². The highest BCUT2D eigenvalue weighted by Gasteiger charge is 2.39. The Morgan fingerprint density at radius 3 is 2.67 bits per heavy atom. The standard InChI is InChI=1S/C11H16O/c1-11(2)6-5-10(12)9(7-11)8-3-4-8/h5-6,8-9H,3-4,7H2,1-2H3. The summed E-state index contributed by atoms with van der Waals surface area (Å²) in [6.45, 7) is 4.43. The van der Waals surface area contributed by atoms with Crippen molar-refractivity contribution in [1.29, 1.82) is 0 Å². The van der Waals surface area contributed by atoms with Gasteiger partial charge in [0.2, 0.25) is 0 Å². The first kappa shape index (κ1) is 8.03. The molecule has 1 fully saturated rings. The predicted molar refractivity (Wildman–Crippen MR) is 48.8 cm³/mol. The van der Waals surface area contributed by atoms with Gasteiger partial charge in [0.15, 0.2) is 5.78 Å². The second-order valence-corrected chi connectivity index (χ2v) is 4.87. The van der Waals surface area contributed by atoms with Crippen molar-refractivity contribution in [3.63, 3.8) is 0 Å². The highest BCUT2D eigenvalue weighted by molar-refractivity contribution is 5.93. The first-order valence-corrected chi connectivity index (χ1v) is 4.82. The molecule has 1 nitrogen and oxygen atoms in total. The van der Waals surface area contributed by atoms with Crippen molar-refractivity contribution in [3.05, 3.63) is 12.2 Å². The van der Waals surface area contributed by atoms with Crippen LogP contribution in [0.2, 0.25) is 0 Å². The van der Waals surface area contributed by atoms with Crippen LogP contribution in [0.5, 0.6) is 0 Å². The van der Waals surface area contributed by atoms with Crippen LogP contribution >= 0.6 is 0 Å². The van der Waals surface area contributed by atoms with E-state index in [1.807, 2.05) is 0 Å². The minimum absolute atomic E-state index is 0.251. The molecule has 2 rings (SSSR count). The molecule has 1 saturated carbocycles. The summed E-state index contributed by atoms with van der Waals surface area (Å²) in [6.07, 6.45) is 7.48. The molecular weight excluding hydrogens is 148 g/mol. The zero-order chi connectivity index (χ0) is 8.77. The molecule has 66 valence electrons. The Kier molecular flexibility index (Phi) is 1.64. The third kappa shape index (κ3) is 1.45. The monoisotopic (exact) mass is 164 g/mol. The van der Waals surface area contributed by atoms with Gasteiger partial charge in [-0.05, 0) is 36.7 Å². The number of carbonyl (C=O) groups excluding carboxylic acids is 1. The molecule has 0 aliphatic heterocycles. The van der Waals surface area contributed by atoms with Gasteiger partial charge in [0.05, 0.1) is 0 Å². The average Bonchev–Trinajstić information content (AvgIpc) is 2.76. The molecule has 1 heteroatoms. The summed E-state index contributed by atoms with van der Waals surface area (Å²) in [5, 5.41) is 0. The van der Waals surface area contributed by atoms with Gasteiger partial charge in [0, 0.05) is 5.92 Å². The number of rotatable bonds is 1. The van der Waals surface area contributed by atoms with Crippen LogP contribution in [0, 0.1) is 17.3 Å². The van der Waals surface area contributed by atoms with Gasteiger partial charge in [-0.1, -0.05) is 19.9 Å². The summed E-state index contributed by atoms with van der Waals surface area (Å²) in [7, 11) is 0. The van der Waals surface area contributed by atoms with Crippen LogP contribution < -0.4 is 0 Å². The molecule has 0 saturated heterocycles. The van der Waals surface area contributed by atoms with Crippen LogP contribution in [0.1, 0.15) is 33.1 Å². The largest absolute Gasteiger partial charge is 0.295 e. The lowest BCUT2D eigenvalue weighted by Gasteiger charge is -2.29. The zero-order valence-electron chi connectivity index (χ0n) is 7.84. The maximum Gasteiger partial charge on any atom is 0.158 e. The molecule has 0 aromatic rings. The van der Waals surface area contributed by atoms with Gasteiger partial charge in [0.25, 0.3) is 0 Å². The smallest absolute Gasteiger partial charge is 0.158 e. The zero-order valence-corrected chi connectivity index (χ0v) is 7.84. The topological polar surface area (TPSA) is 17.1 Å². The number of hydrogen-bond acceptors (Lipinski definition) is 1. The third-order valence-corrected chi connectivity index (χ3v) is 3.00. The second-order valence-electron chi connectivity index (χ2n) is 4.87. The van der Waals surface area contributed by atoms with Crippen LogP contribution in [0.3, 0.4) is 0 Å². The quantitative estimate of drug-likeness (QED) is 0.582. The highest BCUT2D eigenvalue weighted by atomic mass is 16.1. The van der Waals surface area contributed by atoms with Crippen molar-refractivity contribution in [2.45, 2.75) is 33.1 Å². The van der Waals surface area contributed by atoms with E-state index in [2.05, 4.69) is 19.9 Å². The summed E-state index contributed by atoms with van der Waals surface area (Å²) in [6, 6.07) is 0. The van der Waals surface area contributed by atoms with Crippen LogP contribution in [-0.2, 0) is 4.79 Å². The lowest BCUT2D eigenvalue weighted by Crippen LogP contribution is -2.26. The van der Waals surface area contributed by atoms with Crippen LogP contribution in [0.4, 0.5) is 0 Å². The van der Waals surface area contributed by atoms with E-state index in [0.717, 1.165) is 12.3 Å². The summed E-state index contributed by atoms with van der Waals surface area (Å²) < 4.78 is 0. The normalized spacial score (nSPS) is 33.8. The third-order valence-electron chi connectivity index (χ3n) is 3.00. The van der Waals surface area contributed by atoms with Crippen molar-refractivity contribution >= 4 is 5.78 Å². The Labute approximate surface area is 73.8 Å². The average molecular weight is 164 g/mol. The fraction of sp³-hybridized carbons (Fsp3) is 0.727. The maximum absolute atomic E-state index is 11.5. The predicted octanol–water partition coefficient (Wildman–Crippen LogP) is 2.57. The van der Waals surface area contributed by atoms with Crippen LogP contribution in [0.25, 0.3) is 0 Å². The van der Waals surface area contributed by atoms with E-state index in [9.17, 15) is 4.79 Å². The van der Waals surface area contributed by atoms with Gasteiger partial charge < -0.3 is 0 Å². The summed E-state index contributed by atoms with van der Waals surface area (Å²) in [4.78, 5) is 11.5. The second kappa shape index (κ2) is 2.45. The van der Waals surface area contributed by atoms with E-state index in [4.69, 9.17) is 0 Å². The molecule has 2 aliphatic rings. The Hall–Kier alpha value is -0.590. The summed E-state index contributed by atoms with van der Waals surface area (Å²) >= 11 is 0. The van der Waals surface area contributed by atoms with Gasteiger partial charge in [-0.3, -0.25) is 4.79 Å². The molecule has 0 spiro atoms. The maximum atomic E-state index is 11.5. The Balaban J connectivity index is 2.15. The lowest BCUT2D eigenvalue weighted by atomic mass is 9.74. The Bertz CT molecular complexity index is 233. The number of hydrogen-bond donors (Lipinski definition) is 0. The molecule has 0 aromatic carbocycles. The van der Waals surface area contributed by atoms with Crippen LogP contribution in [-0.4, -0.2) is 5.78 Å². The molecule has 1 unspecified atom stereocenters. The van der Waals surface area contributed by atoms with E-state index in [0.29, 0.717) is 11.7 Å². The SMILES string of the molecule is CC1(C)C=CC(=O)C(C2CC2)C1. The van der Waals surface area contributed by atoms with E-state index in [1.165, 1.54) is 12.8 Å². The highest BCUT2D eigenvalue weighted by Crippen LogP contribution is 2.45. The molecular formula is C11H16O.